The molecule has 5 heteroatoms. The third-order valence-corrected chi connectivity index (χ3v) is 4.22. The molecule has 0 aromatic carbocycles. The molecule has 1 rings (SSSR count). The second-order valence-corrected chi connectivity index (χ2v) is 6.04. The van der Waals surface area contributed by atoms with E-state index in [1.165, 1.54) is 6.20 Å². The summed E-state index contributed by atoms with van der Waals surface area (Å²) in [5.41, 5.74) is 0.649. The first kappa shape index (κ1) is 11.7. The fraction of sp³-hybridized carbons (Fsp3) is 0.400. The Balaban J connectivity index is 3.06. The minimum atomic E-state index is -3.17. The van der Waals surface area contributed by atoms with Crippen molar-refractivity contribution < 1.29 is 8.42 Å². The van der Waals surface area contributed by atoms with Crippen LogP contribution >= 0.6 is 0 Å². The van der Waals surface area contributed by atoms with Gasteiger partial charge in [0.05, 0.1) is 11.0 Å². The molecule has 1 aromatic heterocycles. The first-order valence-corrected chi connectivity index (χ1v) is 6.24. The highest BCUT2D eigenvalue weighted by Gasteiger charge is 2.18. The molecule has 1 heterocycles. The average molecular weight is 224 g/mol. The summed E-state index contributed by atoms with van der Waals surface area (Å²) < 4.78 is 23.3. The second kappa shape index (κ2) is 4.41. The number of rotatable bonds is 3. The molecule has 0 aliphatic heterocycles. The van der Waals surface area contributed by atoms with Crippen LogP contribution < -0.4 is 0 Å². The third-order valence-electron chi connectivity index (χ3n) is 2.07. The molecule has 80 valence electrons. The zero-order valence-corrected chi connectivity index (χ0v) is 9.45. The molecular weight excluding hydrogens is 212 g/mol. The fourth-order valence-corrected chi connectivity index (χ4v) is 2.04. The van der Waals surface area contributed by atoms with Gasteiger partial charge < -0.3 is 0 Å². The molecular formula is C10H12N2O2S. The van der Waals surface area contributed by atoms with Crippen LogP contribution in [0.2, 0.25) is 0 Å². The lowest BCUT2D eigenvalue weighted by Gasteiger charge is -2.07. The van der Waals surface area contributed by atoms with Crippen LogP contribution in [0, 0.1) is 11.3 Å². The molecule has 15 heavy (non-hydrogen) atoms. The third kappa shape index (κ3) is 2.77. The van der Waals surface area contributed by atoms with Crippen LogP contribution in [-0.4, -0.2) is 18.7 Å². The summed E-state index contributed by atoms with van der Waals surface area (Å²) in [7, 11) is -3.17. The molecule has 0 saturated carbocycles. The average Bonchev–Trinajstić information content (AvgIpc) is 2.18. The van der Waals surface area contributed by atoms with Gasteiger partial charge in [-0.05, 0) is 19.9 Å². The number of sulfone groups is 1. The van der Waals surface area contributed by atoms with Crippen LogP contribution in [0.1, 0.15) is 25.1 Å². The monoisotopic (exact) mass is 224 g/mol. The van der Waals surface area contributed by atoms with Crippen LogP contribution in [0.4, 0.5) is 0 Å². The van der Waals surface area contributed by atoms with Gasteiger partial charge in [-0.15, -0.1) is 0 Å². The zero-order valence-electron chi connectivity index (χ0n) is 8.64. The van der Waals surface area contributed by atoms with Crippen molar-refractivity contribution in [2.24, 2.45) is 0 Å². The summed E-state index contributed by atoms with van der Waals surface area (Å²) in [6.07, 6.45) is 1.48. The Morgan fingerprint density at radius 2 is 2.20 bits per heavy atom. The summed E-state index contributed by atoms with van der Waals surface area (Å²) in [5, 5.41) is 8.31. The van der Waals surface area contributed by atoms with Crippen molar-refractivity contribution in [1.29, 1.82) is 5.26 Å². The Labute approximate surface area is 89.5 Å². The molecule has 0 aliphatic rings. The Morgan fingerprint density at radius 3 is 2.73 bits per heavy atom. The second-order valence-electron chi connectivity index (χ2n) is 3.48. The summed E-state index contributed by atoms with van der Waals surface area (Å²) >= 11 is 0. The Hall–Kier alpha value is -1.41. The lowest BCUT2D eigenvalue weighted by atomic mass is 10.2. The molecule has 0 saturated heterocycles. The topological polar surface area (TPSA) is 70.8 Å². The van der Waals surface area contributed by atoms with Gasteiger partial charge in [-0.1, -0.05) is 6.07 Å². The minimum absolute atomic E-state index is 0.124. The molecule has 0 amide bonds. The summed E-state index contributed by atoms with van der Waals surface area (Å²) in [4.78, 5) is 3.82. The van der Waals surface area contributed by atoms with E-state index in [1.807, 2.05) is 6.07 Å². The van der Waals surface area contributed by atoms with E-state index < -0.39 is 15.1 Å². The number of pyridine rings is 1. The van der Waals surface area contributed by atoms with Crippen molar-refractivity contribution >= 4 is 9.84 Å². The predicted molar refractivity (Wildman–Crippen MR) is 56.7 cm³/mol. The van der Waals surface area contributed by atoms with Gasteiger partial charge >= 0.3 is 0 Å². The molecule has 0 fully saturated rings. The van der Waals surface area contributed by atoms with Crippen LogP contribution in [0.15, 0.2) is 18.3 Å². The molecule has 1 aromatic rings. The van der Waals surface area contributed by atoms with Crippen molar-refractivity contribution in [3.05, 3.63) is 29.6 Å². The first-order valence-electron chi connectivity index (χ1n) is 4.53. The maximum atomic E-state index is 11.6. The smallest absolute Gasteiger partial charge is 0.156 e. The van der Waals surface area contributed by atoms with Crippen LogP contribution in [0.5, 0.6) is 0 Å². The Kier molecular flexibility index (Phi) is 3.43. The van der Waals surface area contributed by atoms with Crippen molar-refractivity contribution in [2.75, 3.05) is 0 Å². The zero-order chi connectivity index (χ0) is 11.5. The van der Waals surface area contributed by atoms with Crippen molar-refractivity contribution in [1.82, 2.24) is 4.98 Å². The first-order chi connectivity index (χ1) is 6.97. The predicted octanol–water partition coefficient (Wildman–Crippen LogP) is 1.28. The van der Waals surface area contributed by atoms with E-state index in [-0.39, 0.29) is 11.4 Å². The Morgan fingerprint density at radius 1 is 1.53 bits per heavy atom. The summed E-state index contributed by atoms with van der Waals surface area (Å²) in [5.74, 6) is -0.124. The molecule has 0 N–H and O–H groups in total. The van der Waals surface area contributed by atoms with Crippen molar-refractivity contribution in [3.8, 4) is 6.07 Å². The van der Waals surface area contributed by atoms with E-state index >= 15 is 0 Å². The number of nitriles is 1. The number of hydrogen-bond acceptors (Lipinski definition) is 4. The molecule has 0 atom stereocenters. The van der Waals surface area contributed by atoms with Gasteiger partial charge in [0.2, 0.25) is 0 Å². The van der Waals surface area contributed by atoms with Crippen LogP contribution in [-0.2, 0) is 15.6 Å². The molecule has 0 aliphatic carbocycles. The quantitative estimate of drug-likeness (QED) is 0.775. The molecule has 0 radical (unpaired) electrons. The fourth-order valence-electron chi connectivity index (χ4n) is 1.04. The number of aromatic nitrogens is 1. The summed E-state index contributed by atoms with van der Waals surface area (Å²) in [6.45, 7) is 3.25. The molecule has 0 spiro atoms. The van der Waals surface area contributed by atoms with Crippen LogP contribution in [0.25, 0.3) is 0 Å². The van der Waals surface area contributed by atoms with Gasteiger partial charge in [0.25, 0.3) is 0 Å². The molecule has 0 unspecified atom stereocenters. The standard InChI is InChI=1S/C10H12N2O2S/c1-8(2)15(13,14)7-9-4-3-5-12-10(9)6-11/h3-5,8H,7H2,1-2H3. The largest absolute Gasteiger partial charge is 0.245 e. The lowest BCUT2D eigenvalue weighted by Crippen LogP contribution is -2.16. The normalized spacial score (nSPS) is 11.3. The van der Waals surface area contributed by atoms with E-state index in [9.17, 15) is 8.42 Å². The van der Waals surface area contributed by atoms with Gasteiger partial charge in [0.15, 0.2) is 9.84 Å². The van der Waals surface area contributed by atoms with Gasteiger partial charge in [-0.25, -0.2) is 13.4 Å². The van der Waals surface area contributed by atoms with E-state index in [4.69, 9.17) is 5.26 Å². The van der Waals surface area contributed by atoms with Gasteiger partial charge in [-0.3, -0.25) is 0 Å². The highest BCUT2D eigenvalue weighted by atomic mass is 32.2. The summed E-state index contributed by atoms with van der Waals surface area (Å²) in [6, 6.07) is 5.13. The number of hydrogen-bond donors (Lipinski definition) is 0. The molecule has 0 bridgehead atoms. The van der Waals surface area contributed by atoms with E-state index in [2.05, 4.69) is 4.98 Å². The van der Waals surface area contributed by atoms with Gasteiger partial charge in [0, 0.05) is 11.8 Å². The highest BCUT2D eigenvalue weighted by Crippen LogP contribution is 2.12. The van der Waals surface area contributed by atoms with Crippen LogP contribution in [0.3, 0.4) is 0 Å². The van der Waals surface area contributed by atoms with Gasteiger partial charge in [0.1, 0.15) is 11.8 Å². The molecule has 4 nitrogen and oxygen atoms in total. The SMILES string of the molecule is CC(C)S(=O)(=O)Cc1cccnc1C#N. The lowest BCUT2D eigenvalue weighted by molar-refractivity contribution is 0.586. The van der Waals surface area contributed by atoms with E-state index in [0.29, 0.717) is 5.56 Å². The van der Waals surface area contributed by atoms with E-state index in [0.717, 1.165) is 0 Å². The van der Waals surface area contributed by atoms with Gasteiger partial charge in [-0.2, -0.15) is 5.26 Å². The van der Waals surface area contributed by atoms with Crippen molar-refractivity contribution in [3.63, 3.8) is 0 Å². The minimum Gasteiger partial charge on any atom is -0.245 e. The number of nitrogens with zero attached hydrogens (tertiary/aromatic N) is 2. The maximum Gasteiger partial charge on any atom is 0.156 e. The van der Waals surface area contributed by atoms with E-state index in [1.54, 1.807) is 26.0 Å². The maximum absolute atomic E-state index is 11.6. The highest BCUT2D eigenvalue weighted by molar-refractivity contribution is 7.91. The Bertz CT molecular complexity index is 486. The van der Waals surface area contributed by atoms with Crippen molar-refractivity contribution in [2.45, 2.75) is 24.9 Å².